The van der Waals surface area contributed by atoms with E-state index in [4.69, 9.17) is 15.9 Å². The van der Waals surface area contributed by atoms with Gasteiger partial charge in [-0.1, -0.05) is 6.07 Å². The molecule has 0 radical (unpaired) electrons. The summed E-state index contributed by atoms with van der Waals surface area (Å²) in [5, 5.41) is 7.39. The van der Waals surface area contributed by atoms with Gasteiger partial charge < -0.3 is 10.5 Å². The molecule has 3 N–H and O–H groups in total. The molecular formula is C14H12F2N2O. The summed E-state index contributed by atoms with van der Waals surface area (Å²) in [6.07, 6.45) is 0. The van der Waals surface area contributed by atoms with Crippen LogP contribution in [0.5, 0.6) is 5.75 Å². The summed E-state index contributed by atoms with van der Waals surface area (Å²) in [4.78, 5) is 0. The quantitative estimate of drug-likeness (QED) is 0.657. The molecule has 0 atom stereocenters. The fourth-order valence-corrected chi connectivity index (χ4v) is 1.62. The van der Waals surface area contributed by atoms with Crippen LogP contribution < -0.4 is 10.5 Å². The molecule has 2 rings (SSSR count). The Morgan fingerprint density at radius 3 is 2.32 bits per heavy atom. The summed E-state index contributed by atoms with van der Waals surface area (Å²) in [5.41, 5.74) is 6.27. The molecule has 0 unspecified atom stereocenters. The van der Waals surface area contributed by atoms with Gasteiger partial charge in [0, 0.05) is 11.1 Å². The van der Waals surface area contributed by atoms with Gasteiger partial charge in [0.2, 0.25) is 0 Å². The van der Waals surface area contributed by atoms with Gasteiger partial charge in [-0.15, -0.1) is 0 Å². The third-order valence-electron chi connectivity index (χ3n) is 2.57. The summed E-state index contributed by atoms with van der Waals surface area (Å²) in [5.74, 6) is -0.549. The standard InChI is InChI=1S/C14H12F2N2O/c15-10-3-5-12(6-4-10)19-8-9-1-2-11(16)7-13(9)14(17)18/h1-7H,8H2,(H3,17,18). The van der Waals surface area contributed by atoms with E-state index in [-0.39, 0.29) is 18.3 Å². The molecule has 2 aromatic carbocycles. The minimum Gasteiger partial charge on any atom is -0.489 e. The molecule has 0 aliphatic rings. The highest BCUT2D eigenvalue weighted by molar-refractivity contribution is 5.96. The van der Waals surface area contributed by atoms with Crippen LogP contribution in [0.3, 0.4) is 0 Å². The van der Waals surface area contributed by atoms with Crippen molar-refractivity contribution in [3.8, 4) is 5.75 Å². The maximum atomic E-state index is 13.1. The van der Waals surface area contributed by atoms with Gasteiger partial charge in [-0.25, -0.2) is 8.78 Å². The summed E-state index contributed by atoms with van der Waals surface area (Å²) >= 11 is 0. The van der Waals surface area contributed by atoms with E-state index in [1.54, 1.807) is 0 Å². The first-order chi connectivity index (χ1) is 9.06. The zero-order valence-electron chi connectivity index (χ0n) is 9.99. The lowest BCUT2D eigenvalue weighted by molar-refractivity contribution is 0.305. The van der Waals surface area contributed by atoms with Crippen LogP contribution in [0.25, 0.3) is 0 Å². The molecule has 0 bridgehead atoms. The van der Waals surface area contributed by atoms with Crippen LogP contribution in [0.2, 0.25) is 0 Å². The Balaban J connectivity index is 2.15. The predicted molar refractivity (Wildman–Crippen MR) is 68.1 cm³/mol. The molecular weight excluding hydrogens is 250 g/mol. The van der Waals surface area contributed by atoms with Gasteiger partial charge in [0.25, 0.3) is 0 Å². The van der Waals surface area contributed by atoms with Crippen molar-refractivity contribution in [2.75, 3.05) is 0 Å². The Morgan fingerprint density at radius 2 is 1.68 bits per heavy atom. The minimum absolute atomic E-state index is 0.126. The number of nitrogens with two attached hydrogens (primary N) is 1. The number of halogens is 2. The molecule has 0 aromatic heterocycles. The fraction of sp³-hybridized carbons (Fsp3) is 0.0714. The lowest BCUT2D eigenvalue weighted by Crippen LogP contribution is -2.15. The van der Waals surface area contributed by atoms with Gasteiger partial charge in [-0.3, -0.25) is 5.41 Å². The molecule has 3 nitrogen and oxygen atoms in total. The third kappa shape index (κ3) is 3.28. The van der Waals surface area contributed by atoms with Gasteiger partial charge in [0.05, 0.1) is 0 Å². The summed E-state index contributed by atoms with van der Waals surface area (Å²) < 4.78 is 31.2. The molecule has 0 fully saturated rings. The van der Waals surface area contributed by atoms with E-state index in [2.05, 4.69) is 0 Å². The molecule has 0 aliphatic heterocycles. The summed E-state index contributed by atoms with van der Waals surface area (Å²) in [6.45, 7) is 0.126. The van der Waals surface area contributed by atoms with Crippen molar-refractivity contribution in [3.63, 3.8) is 0 Å². The smallest absolute Gasteiger partial charge is 0.123 e. The molecule has 0 saturated carbocycles. The van der Waals surface area contributed by atoms with Gasteiger partial charge in [-0.2, -0.15) is 0 Å². The predicted octanol–water partition coefficient (Wildman–Crippen LogP) is 2.83. The van der Waals surface area contributed by atoms with Gasteiger partial charge >= 0.3 is 0 Å². The summed E-state index contributed by atoms with van der Waals surface area (Å²) in [7, 11) is 0. The van der Waals surface area contributed by atoms with Crippen molar-refractivity contribution in [2.45, 2.75) is 6.61 Å². The zero-order valence-corrected chi connectivity index (χ0v) is 9.99. The van der Waals surface area contributed by atoms with Crippen LogP contribution in [-0.2, 0) is 6.61 Å². The lowest BCUT2D eigenvalue weighted by atomic mass is 10.1. The Hall–Kier alpha value is -2.43. The van der Waals surface area contributed by atoms with E-state index >= 15 is 0 Å². The molecule has 0 amide bonds. The lowest BCUT2D eigenvalue weighted by Gasteiger charge is -2.10. The highest BCUT2D eigenvalue weighted by atomic mass is 19.1. The molecule has 0 saturated heterocycles. The number of nitrogens with one attached hydrogen (secondary N) is 1. The number of ether oxygens (including phenoxy) is 1. The van der Waals surface area contributed by atoms with Crippen molar-refractivity contribution in [3.05, 3.63) is 65.2 Å². The number of nitrogen functional groups attached to an aromatic ring is 1. The van der Waals surface area contributed by atoms with Crippen LogP contribution in [0.1, 0.15) is 11.1 Å². The molecule has 0 heterocycles. The van der Waals surface area contributed by atoms with Crippen molar-refractivity contribution >= 4 is 5.84 Å². The molecule has 0 spiro atoms. The molecule has 0 aliphatic carbocycles. The molecule has 98 valence electrons. The Morgan fingerprint density at radius 1 is 1.05 bits per heavy atom. The van der Waals surface area contributed by atoms with Crippen LogP contribution in [0.15, 0.2) is 42.5 Å². The van der Waals surface area contributed by atoms with Gasteiger partial charge in [-0.05, 0) is 36.4 Å². The third-order valence-corrected chi connectivity index (χ3v) is 2.57. The van der Waals surface area contributed by atoms with E-state index in [0.29, 0.717) is 16.9 Å². The SMILES string of the molecule is N=C(N)c1cc(F)ccc1COc1ccc(F)cc1. The number of hydrogen-bond donors (Lipinski definition) is 2. The highest BCUT2D eigenvalue weighted by Gasteiger charge is 2.08. The average molecular weight is 262 g/mol. The number of hydrogen-bond acceptors (Lipinski definition) is 2. The largest absolute Gasteiger partial charge is 0.489 e. The Bertz CT molecular complexity index is 597. The highest BCUT2D eigenvalue weighted by Crippen LogP contribution is 2.16. The van der Waals surface area contributed by atoms with Crippen LogP contribution in [0.4, 0.5) is 8.78 Å². The molecule has 19 heavy (non-hydrogen) atoms. The normalized spacial score (nSPS) is 10.2. The van der Waals surface area contributed by atoms with E-state index in [0.717, 1.165) is 0 Å². The van der Waals surface area contributed by atoms with Crippen LogP contribution in [0, 0.1) is 17.0 Å². The Kier molecular flexibility index (Phi) is 3.75. The van der Waals surface area contributed by atoms with Crippen LogP contribution >= 0.6 is 0 Å². The van der Waals surface area contributed by atoms with Crippen LogP contribution in [-0.4, -0.2) is 5.84 Å². The second kappa shape index (κ2) is 5.48. The second-order valence-electron chi connectivity index (χ2n) is 3.96. The number of amidine groups is 1. The van der Waals surface area contributed by atoms with Gasteiger partial charge in [0.15, 0.2) is 0 Å². The van der Waals surface area contributed by atoms with E-state index in [1.807, 2.05) is 0 Å². The zero-order chi connectivity index (χ0) is 13.8. The molecule has 2 aromatic rings. The van der Waals surface area contributed by atoms with Crippen molar-refractivity contribution < 1.29 is 13.5 Å². The monoisotopic (exact) mass is 262 g/mol. The van der Waals surface area contributed by atoms with E-state index < -0.39 is 5.82 Å². The minimum atomic E-state index is -0.462. The number of rotatable bonds is 4. The van der Waals surface area contributed by atoms with E-state index in [1.165, 1.54) is 42.5 Å². The van der Waals surface area contributed by atoms with E-state index in [9.17, 15) is 8.78 Å². The maximum Gasteiger partial charge on any atom is 0.123 e. The van der Waals surface area contributed by atoms with Crippen molar-refractivity contribution in [1.29, 1.82) is 5.41 Å². The second-order valence-corrected chi connectivity index (χ2v) is 3.96. The van der Waals surface area contributed by atoms with Crippen molar-refractivity contribution in [2.24, 2.45) is 5.73 Å². The first-order valence-corrected chi connectivity index (χ1v) is 5.57. The first kappa shape index (κ1) is 13.0. The summed E-state index contributed by atoms with van der Waals surface area (Å²) in [6, 6.07) is 9.52. The fourth-order valence-electron chi connectivity index (χ4n) is 1.62. The molecule has 5 heteroatoms. The van der Waals surface area contributed by atoms with Crippen molar-refractivity contribution in [1.82, 2.24) is 0 Å². The average Bonchev–Trinajstić information content (AvgIpc) is 2.39. The van der Waals surface area contributed by atoms with Gasteiger partial charge in [0.1, 0.15) is 29.8 Å². The maximum absolute atomic E-state index is 13.1. The number of benzene rings is 2. The first-order valence-electron chi connectivity index (χ1n) is 5.57. The Labute approximate surface area is 109 Å². The topological polar surface area (TPSA) is 59.1 Å².